The molecule has 58 valence electrons. The van der Waals surface area contributed by atoms with Crippen LogP contribution in [0.4, 0.5) is 4.39 Å². The Morgan fingerprint density at radius 1 is 1.55 bits per heavy atom. The zero-order chi connectivity index (χ0) is 8.43. The number of rotatable bonds is 1. The van der Waals surface area contributed by atoms with Crippen LogP contribution in [0.25, 0.3) is 0 Å². The first-order valence-electron chi connectivity index (χ1n) is 3.55. The molecule has 1 aromatic carbocycles. The van der Waals surface area contributed by atoms with Crippen LogP contribution < -0.4 is 5.46 Å². The lowest BCUT2D eigenvalue weighted by Gasteiger charge is -2.07. The van der Waals surface area contributed by atoms with Crippen LogP contribution in [0.5, 0.6) is 0 Å². The van der Waals surface area contributed by atoms with Gasteiger partial charge < -0.3 is 5.11 Å². The second-order valence-electron chi connectivity index (χ2n) is 2.68. The summed E-state index contributed by atoms with van der Waals surface area (Å²) in [5.74, 6) is -0.257. The van der Waals surface area contributed by atoms with E-state index in [1.165, 1.54) is 12.1 Å². The molecule has 0 bridgehead atoms. The van der Waals surface area contributed by atoms with Crippen molar-refractivity contribution in [2.75, 3.05) is 0 Å². The highest BCUT2D eigenvalue weighted by Crippen LogP contribution is 2.08. The summed E-state index contributed by atoms with van der Waals surface area (Å²) in [5.41, 5.74) is 1.58. The van der Waals surface area contributed by atoms with E-state index in [1.807, 2.05) is 0 Å². The quantitative estimate of drug-likeness (QED) is 0.567. The van der Waals surface area contributed by atoms with Crippen LogP contribution in [0.15, 0.2) is 18.2 Å². The summed E-state index contributed by atoms with van der Waals surface area (Å²) < 4.78 is 12.5. The molecule has 1 N–H and O–H groups in total. The zero-order valence-corrected chi connectivity index (χ0v) is 6.63. The summed E-state index contributed by atoms with van der Waals surface area (Å²) >= 11 is 0. The van der Waals surface area contributed by atoms with Gasteiger partial charge in [0.05, 0.1) is 6.10 Å². The van der Waals surface area contributed by atoms with E-state index >= 15 is 0 Å². The van der Waals surface area contributed by atoms with E-state index in [0.29, 0.717) is 0 Å². The second-order valence-corrected chi connectivity index (χ2v) is 2.68. The molecule has 3 heteroatoms. The van der Waals surface area contributed by atoms with Crippen molar-refractivity contribution in [2.45, 2.75) is 13.0 Å². The number of benzene rings is 1. The molecule has 0 aromatic heterocycles. The number of hydrogen-bond donors (Lipinski definition) is 1. The van der Waals surface area contributed by atoms with E-state index in [1.54, 1.807) is 20.8 Å². The Morgan fingerprint density at radius 3 is 2.64 bits per heavy atom. The largest absolute Gasteiger partial charge is 0.389 e. The first-order valence-corrected chi connectivity index (χ1v) is 3.55. The van der Waals surface area contributed by atoms with Gasteiger partial charge >= 0.3 is 0 Å². The summed E-state index contributed by atoms with van der Waals surface area (Å²) in [6.07, 6.45) is -0.518. The first kappa shape index (κ1) is 8.27. The maximum Gasteiger partial charge on any atom is 0.139 e. The van der Waals surface area contributed by atoms with Crippen molar-refractivity contribution in [1.82, 2.24) is 0 Å². The minimum atomic E-state index is -0.518. The van der Waals surface area contributed by atoms with Crippen molar-refractivity contribution in [1.29, 1.82) is 0 Å². The van der Waals surface area contributed by atoms with E-state index in [2.05, 4.69) is 0 Å². The molecule has 0 aliphatic heterocycles. The van der Waals surface area contributed by atoms with E-state index in [0.717, 1.165) is 11.0 Å². The zero-order valence-electron chi connectivity index (χ0n) is 6.63. The van der Waals surface area contributed by atoms with Gasteiger partial charge in [-0.05, 0) is 24.6 Å². The van der Waals surface area contributed by atoms with Crippen LogP contribution in [-0.4, -0.2) is 13.0 Å². The van der Waals surface area contributed by atoms with Gasteiger partial charge in [0.25, 0.3) is 0 Å². The molecule has 0 fully saturated rings. The molecular weight excluding hydrogens is 142 g/mol. The van der Waals surface area contributed by atoms with Crippen LogP contribution in [-0.2, 0) is 0 Å². The molecular formula is C8H10BFO. The predicted molar refractivity (Wildman–Crippen MR) is 45.2 cm³/mol. The van der Waals surface area contributed by atoms with Crippen molar-refractivity contribution in [3.8, 4) is 0 Å². The predicted octanol–water partition coefficient (Wildman–Crippen LogP) is 0.137. The number of hydrogen-bond acceptors (Lipinski definition) is 1. The average molecular weight is 152 g/mol. The minimum Gasteiger partial charge on any atom is -0.389 e. The van der Waals surface area contributed by atoms with E-state index in [-0.39, 0.29) is 5.82 Å². The maximum absolute atomic E-state index is 12.5. The van der Waals surface area contributed by atoms with Crippen LogP contribution in [0.2, 0.25) is 0 Å². The SMILES string of the molecule is Bc1cc(F)ccc1[C@@H](C)O. The number of aliphatic hydroxyl groups is 1. The fourth-order valence-corrected chi connectivity index (χ4v) is 1.11. The van der Waals surface area contributed by atoms with Crippen molar-refractivity contribution >= 4 is 13.3 Å². The molecule has 0 unspecified atom stereocenters. The lowest BCUT2D eigenvalue weighted by atomic mass is 9.88. The standard InChI is InChI=1S/C8H10BFO/c1-5(11)7-3-2-6(10)4-8(7)9/h2-5,11H,9H2,1H3/t5-/m1/s1. The molecule has 1 aromatic rings. The van der Waals surface area contributed by atoms with Gasteiger partial charge in [-0.2, -0.15) is 0 Å². The maximum atomic E-state index is 12.5. The van der Waals surface area contributed by atoms with Crippen LogP contribution in [0, 0.1) is 5.82 Å². The smallest absolute Gasteiger partial charge is 0.139 e. The van der Waals surface area contributed by atoms with Crippen LogP contribution >= 0.6 is 0 Å². The third-order valence-electron chi connectivity index (χ3n) is 1.68. The third kappa shape index (κ3) is 1.81. The van der Waals surface area contributed by atoms with Gasteiger partial charge in [-0.15, -0.1) is 0 Å². The lowest BCUT2D eigenvalue weighted by molar-refractivity contribution is 0.200. The number of aliphatic hydroxyl groups excluding tert-OH is 1. The van der Waals surface area contributed by atoms with Gasteiger partial charge in [0.15, 0.2) is 0 Å². The summed E-state index contributed by atoms with van der Waals surface area (Å²) in [5, 5.41) is 9.17. The van der Waals surface area contributed by atoms with Crippen molar-refractivity contribution in [2.24, 2.45) is 0 Å². The first-order chi connectivity index (χ1) is 5.11. The Morgan fingerprint density at radius 2 is 2.18 bits per heavy atom. The van der Waals surface area contributed by atoms with E-state index < -0.39 is 6.10 Å². The molecule has 1 rings (SSSR count). The Bertz CT molecular complexity index is 260. The fourth-order valence-electron chi connectivity index (χ4n) is 1.11. The molecule has 0 saturated carbocycles. The van der Waals surface area contributed by atoms with Gasteiger partial charge in [0, 0.05) is 0 Å². The van der Waals surface area contributed by atoms with Gasteiger partial charge in [-0.3, -0.25) is 0 Å². The molecule has 11 heavy (non-hydrogen) atoms. The highest BCUT2D eigenvalue weighted by Gasteiger charge is 2.03. The molecule has 0 aliphatic carbocycles. The third-order valence-corrected chi connectivity index (χ3v) is 1.68. The van der Waals surface area contributed by atoms with Crippen LogP contribution in [0.3, 0.4) is 0 Å². The number of halogens is 1. The molecule has 1 atom stereocenters. The van der Waals surface area contributed by atoms with Crippen molar-refractivity contribution in [3.63, 3.8) is 0 Å². The van der Waals surface area contributed by atoms with Gasteiger partial charge in [0.1, 0.15) is 13.7 Å². The monoisotopic (exact) mass is 152 g/mol. The minimum absolute atomic E-state index is 0.257. The molecule has 1 nitrogen and oxygen atoms in total. The molecule has 0 saturated heterocycles. The summed E-state index contributed by atoms with van der Waals surface area (Å²) in [6.45, 7) is 1.67. The molecule has 0 aliphatic rings. The Labute approximate surface area is 66.3 Å². The van der Waals surface area contributed by atoms with Gasteiger partial charge in [0.2, 0.25) is 0 Å². The average Bonchev–Trinajstić information content (AvgIpc) is 1.85. The highest BCUT2D eigenvalue weighted by atomic mass is 19.1. The van der Waals surface area contributed by atoms with Gasteiger partial charge in [-0.1, -0.05) is 11.5 Å². The van der Waals surface area contributed by atoms with E-state index in [4.69, 9.17) is 0 Å². The van der Waals surface area contributed by atoms with Gasteiger partial charge in [-0.25, -0.2) is 4.39 Å². The molecule has 0 heterocycles. The molecule has 0 spiro atoms. The van der Waals surface area contributed by atoms with E-state index in [9.17, 15) is 9.50 Å². The summed E-state index contributed by atoms with van der Waals surface area (Å²) in [7, 11) is 1.78. The Hall–Kier alpha value is -0.825. The Kier molecular flexibility index (Phi) is 2.30. The summed E-state index contributed by atoms with van der Waals surface area (Å²) in [6, 6.07) is 4.38. The fraction of sp³-hybridized carbons (Fsp3) is 0.250. The Balaban J connectivity index is 3.09. The van der Waals surface area contributed by atoms with Crippen LogP contribution in [0.1, 0.15) is 18.6 Å². The lowest BCUT2D eigenvalue weighted by Crippen LogP contribution is -2.13. The van der Waals surface area contributed by atoms with Crippen molar-refractivity contribution < 1.29 is 9.50 Å². The topological polar surface area (TPSA) is 20.2 Å². The normalized spacial score (nSPS) is 13.0. The second kappa shape index (κ2) is 3.05. The molecule has 0 radical (unpaired) electrons. The summed E-state index contributed by atoms with van der Waals surface area (Å²) in [4.78, 5) is 0. The highest BCUT2D eigenvalue weighted by molar-refractivity contribution is 6.33. The molecule has 0 amide bonds. The van der Waals surface area contributed by atoms with Crippen molar-refractivity contribution in [3.05, 3.63) is 29.6 Å².